The van der Waals surface area contributed by atoms with E-state index in [1.807, 2.05) is 0 Å². The lowest BCUT2D eigenvalue weighted by Gasteiger charge is -2.25. The summed E-state index contributed by atoms with van der Waals surface area (Å²) in [5, 5.41) is 9.05. The number of carbonyl (C=O) groups excluding carboxylic acids is 1. The summed E-state index contributed by atoms with van der Waals surface area (Å²) in [5.74, 6) is 2.46. The van der Waals surface area contributed by atoms with Crippen LogP contribution in [0.3, 0.4) is 0 Å². The van der Waals surface area contributed by atoms with Crippen LogP contribution in [0.5, 0.6) is 0 Å². The molecule has 1 fully saturated rings. The molecule has 1 N–H and O–H groups in total. The highest BCUT2D eigenvalue weighted by atomic mass is 16.3. The van der Waals surface area contributed by atoms with Gasteiger partial charge in [-0.05, 0) is 63.5 Å². The maximum Gasteiger partial charge on any atom is 0.129 e. The van der Waals surface area contributed by atoms with Gasteiger partial charge in [-0.1, -0.05) is 20.3 Å². The van der Waals surface area contributed by atoms with Crippen LogP contribution >= 0.6 is 0 Å². The molecule has 0 saturated carbocycles. The second-order valence-corrected chi connectivity index (χ2v) is 6.71. The highest BCUT2D eigenvalue weighted by Crippen LogP contribution is 2.30. The molecule has 0 aromatic heterocycles. The van der Waals surface area contributed by atoms with Gasteiger partial charge in [0.25, 0.3) is 0 Å². The first kappa shape index (κ1) is 17.6. The van der Waals surface area contributed by atoms with Crippen LogP contribution in [-0.2, 0) is 4.79 Å². The highest BCUT2D eigenvalue weighted by Gasteiger charge is 2.29. The van der Waals surface area contributed by atoms with Gasteiger partial charge in [-0.25, -0.2) is 0 Å². The summed E-state index contributed by atoms with van der Waals surface area (Å²) in [6.07, 6.45) is 6.44. The van der Waals surface area contributed by atoms with Crippen molar-refractivity contribution in [3.8, 4) is 0 Å². The molecular weight excluding hydrogens is 250 g/mol. The van der Waals surface area contributed by atoms with Crippen LogP contribution in [-0.4, -0.2) is 42.0 Å². The summed E-state index contributed by atoms with van der Waals surface area (Å²) in [5.41, 5.74) is 0. The minimum atomic E-state index is 0.318. The van der Waals surface area contributed by atoms with Crippen LogP contribution in [0.15, 0.2) is 0 Å². The number of carbonyl (C=O) groups is 1. The van der Waals surface area contributed by atoms with Crippen molar-refractivity contribution in [3.63, 3.8) is 0 Å². The average molecular weight is 283 g/mol. The highest BCUT2D eigenvalue weighted by molar-refractivity contribution is 5.75. The Bertz CT molecular complexity index is 280. The summed E-state index contributed by atoms with van der Waals surface area (Å²) < 4.78 is 0. The Kier molecular flexibility index (Phi) is 8.39. The number of aliphatic hydroxyl groups is 1. The topological polar surface area (TPSA) is 40.5 Å². The lowest BCUT2D eigenvalue weighted by Crippen LogP contribution is -2.26. The number of aliphatic hydroxyl groups excluding tert-OH is 1. The zero-order valence-electron chi connectivity index (χ0n) is 13.6. The van der Waals surface area contributed by atoms with Gasteiger partial charge in [-0.15, -0.1) is 0 Å². The molecule has 3 atom stereocenters. The molecule has 1 aliphatic rings. The molecule has 0 aromatic carbocycles. The van der Waals surface area contributed by atoms with Crippen molar-refractivity contribution in [1.29, 1.82) is 0 Å². The number of unbranched alkanes of at least 4 members (excludes halogenated alkanes) is 2. The van der Waals surface area contributed by atoms with Gasteiger partial charge in [-0.3, -0.25) is 0 Å². The quantitative estimate of drug-likeness (QED) is 0.626. The van der Waals surface area contributed by atoms with Crippen molar-refractivity contribution < 1.29 is 9.90 Å². The van der Waals surface area contributed by atoms with E-state index in [9.17, 15) is 4.79 Å². The lowest BCUT2D eigenvalue weighted by molar-refractivity contribution is -0.117. The second kappa shape index (κ2) is 9.51. The number of Topliss-reactive ketones (excluding diaryl/α,β-unsaturated/α-hetero) is 1. The fourth-order valence-electron chi connectivity index (χ4n) is 3.31. The molecule has 3 heteroatoms. The van der Waals surface area contributed by atoms with E-state index in [-0.39, 0.29) is 0 Å². The molecule has 0 aromatic rings. The number of likely N-dealkylation sites (tertiary alicyclic amines) is 1. The van der Waals surface area contributed by atoms with Crippen LogP contribution in [0.1, 0.15) is 59.3 Å². The summed E-state index contributed by atoms with van der Waals surface area (Å²) >= 11 is 0. The van der Waals surface area contributed by atoms with E-state index in [2.05, 4.69) is 18.7 Å². The fourth-order valence-corrected chi connectivity index (χ4v) is 3.31. The Morgan fingerprint density at radius 1 is 1.30 bits per heavy atom. The molecule has 1 heterocycles. The largest absolute Gasteiger partial charge is 0.396 e. The Labute approximate surface area is 124 Å². The van der Waals surface area contributed by atoms with Gasteiger partial charge >= 0.3 is 0 Å². The van der Waals surface area contributed by atoms with E-state index in [1.165, 1.54) is 38.9 Å². The van der Waals surface area contributed by atoms with E-state index in [0.717, 1.165) is 25.2 Å². The molecular formula is C17H33NO2. The van der Waals surface area contributed by atoms with E-state index in [0.29, 0.717) is 24.2 Å². The third-order valence-corrected chi connectivity index (χ3v) is 5.04. The molecule has 3 nitrogen and oxygen atoms in total. The third kappa shape index (κ3) is 6.36. The number of rotatable bonds is 10. The zero-order valence-corrected chi connectivity index (χ0v) is 13.6. The van der Waals surface area contributed by atoms with Crippen LogP contribution in [0.4, 0.5) is 0 Å². The minimum Gasteiger partial charge on any atom is -0.396 e. The summed E-state index contributed by atoms with van der Waals surface area (Å²) in [6, 6.07) is 0. The molecule has 3 unspecified atom stereocenters. The molecule has 1 rings (SSSR count). The normalized spacial score (nSPS) is 22.9. The molecule has 0 aliphatic carbocycles. The first-order chi connectivity index (χ1) is 9.54. The summed E-state index contributed by atoms with van der Waals surface area (Å²) in [7, 11) is 0. The van der Waals surface area contributed by atoms with Crippen LogP contribution in [0, 0.1) is 17.8 Å². The maximum atomic E-state index is 10.9. The molecule has 118 valence electrons. The predicted octanol–water partition coefficient (Wildman–Crippen LogP) is 3.11. The monoisotopic (exact) mass is 283 g/mol. The van der Waals surface area contributed by atoms with Crippen molar-refractivity contribution in [2.45, 2.75) is 59.3 Å². The molecule has 1 saturated heterocycles. The fraction of sp³-hybridized carbons (Fsp3) is 0.941. The second-order valence-electron chi connectivity index (χ2n) is 6.71. The Morgan fingerprint density at radius 2 is 2.05 bits per heavy atom. The number of nitrogens with zero attached hydrogens (tertiary/aromatic N) is 1. The van der Waals surface area contributed by atoms with Gasteiger partial charge in [0.2, 0.25) is 0 Å². The lowest BCUT2D eigenvalue weighted by atomic mass is 9.82. The maximum absolute atomic E-state index is 10.9. The number of hydrogen-bond acceptors (Lipinski definition) is 3. The predicted molar refractivity (Wildman–Crippen MR) is 83.7 cm³/mol. The Balaban J connectivity index is 2.14. The average Bonchev–Trinajstić information content (AvgIpc) is 2.86. The molecule has 20 heavy (non-hydrogen) atoms. The van der Waals surface area contributed by atoms with E-state index in [1.54, 1.807) is 6.92 Å². The van der Waals surface area contributed by atoms with Crippen molar-refractivity contribution in [2.75, 3.05) is 26.2 Å². The molecule has 0 amide bonds. The van der Waals surface area contributed by atoms with Crippen molar-refractivity contribution in [2.24, 2.45) is 17.8 Å². The smallest absolute Gasteiger partial charge is 0.129 e. The number of ketones is 1. The first-order valence-electron chi connectivity index (χ1n) is 8.37. The van der Waals surface area contributed by atoms with E-state index < -0.39 is 0 Å². The Hall–Kier alpha value is -0.410. The summed E-state index contributed by atoms with van der Waals surface area (Å²) in [6.45, 7) is 10.3. The number of hydrogen-bond donors (Lipinski definition) is 1. The van der Waals surface area contributed by atoms with Crippen molar-refractivity contribution in [1.82, 2.24) is 4.90 Å². The van der Waals surface area contributed by atoms with Crippen LogP contribution in [0.2, 0.25) is 0 Å². The van der Waals surface area contributed by atoms with Gasteiger partial charge in [0, 0.05) is 19.6 Å². The zero-order chi connectivity index (χ0) is 15.0. The third-order valence-electron chi connectivity index (χ3n) is 5.04. The van der Waals surface area contributed by atoms with Crippen molar-refractivity contribution in [3.05, 3.63) is 0 Å². The van der Waals surface area contributed by atoms with Gasteiger partial charge in [0.15, 0.2) is 0 Å². The van der Waals surface area contributed by atoms with Gasteiger partial charge in [-0.2, -0.15) is 0 Å². The van der Waals surface area contributed by atoms with Crippen LogP contribution in [0.25, 0.3) is 0 Å². The van der Waals surface area contributed by atoms with E-state index in [4.69, 9.17) is 5.11 Å². The Morgan fingerprint density at radius 3 is 2.70 bits per heavy atom. The SMILES string of the molecule is CC(=O)CCCCCN1CCC(C(C)C(C)CCO)C1. The van der Waals surface area contributed by atoms with Gasteiger partial charge in [0.1, 0.15) is 5.78 Å². The molecule has 0 radical (unpaired) electrons. The van der Waals surface area contributed by atoms with Gasteiger partial charge < -0.3 is 14.8 Å². The minimum absolute atomic E-state index is 0.318. The molecule has 0 bridgehead atoms. The molecule has 1 aliphatic heterocycles. The van der Waals surface area contributed by atoms with Crippen LogP contribution < -0.4 is 0 Å². The summed E-state index contributed by atoms with van der Waals surface area (Å²) in [4.78, 5) is 13.5. The van der Waals surface area contributed by atoms with Crippen molar-refractivity contribution >= 4 is 5.78 Å². The van der Waals surface area contributed by atoms with E-state index >= 15 is 0 Å². The first-order valence-corrected chi connectivity index (χ1v) is 8.37. The van der Waals surface area contributed by atoms with Gasteiger partial charge in [0.05, 0.1) is 0 Å². The molecule has 0 spiro atoms. The standard InChI is InChI=1S/C17H33NO2/c1-14(9-12-19)16(3)17-8-11-18(13-17)10-6-4-5-7-15(2)20/h14,16-17,19H,4-13H2,1-3H3.